The molecule has 0 saturated heterocycles. The normalized spacial score (nSPS) is 10.3. The average molecular weight is 347 g/mol. The summed E-state index contributed by atoms with van der Waals surface area (Å²) in [6.07, 6.45) is 3.78. The molecule has 1 aromatic heterocycles. The molecule has 1 heterocycles. The van der Waals surface area contributed by atoms with Crippen LogP contribution < -0.4 is 15.8 Å². The highest BCUT2D eigenvalue weighted by molar-refractivity contribution is 5.73. The molecule has 3 N–H and O–H groups in total. The minimum absolute atomic E-state index is 0.197. The van der Waals surface area contributed by atoms with E-state index in [9.17, 15) is 4.79 Å². The highest BCUT2D eigenvalue weighted by atomic mass is 16.5. The van der Waals surface area contributed by atoms with Gasteiger partial charge in [-0.3, -0.25) is 9.78 Å². The fourth-order valence-corrected chi connectivity index (χ4v) is 2.60. The third kappa shape index (κ3) is 4.83. The molecule has 0 unspecified atom stereocenters. The highest BCUT2D eigenvalue weighted by Gasteiger charge is 2.05. The second-order valence-electron chi connectivity index (χ2n) is 5.85. The van der Waals surface area contributed by atoms with Crippen LogP contribution in [0.1, 0.15) is 12.0 Å². The first kappa shape index (κ1) is 17.5. The maximum absolute atomic E-state index is 10.9. The number of nitrogens with zero attached hydrogens (tertiary/aromatic N) is 1. The van der Waals surface area contributed by atoms with Gasteiger partial charge in [-0.2, -0.15) is 0 Å². The van der Waals surface area contributed by atoms with Gasteiger partial charge in [-0.25, -0.2) is 0 Å². The molecule has 0 aliphatic rings. The van der Waals surface area contributed by atoms with E-state index in [0.717, 1.165) is 22.4 Å². The molecule has 2 aromatic carbocycles. The summed E-state index contributed by atoms with van der Waals surface area (Å²) in [5, 5.41) is 3.39. The summed E-state index contributed by atoms with van der Waals surface area (Å²) in [6.45, 7) is 0.931. The SMILES string of the molecule is NC(=O)CCOc1ccccc1NCc1cccc(-c2ccncc2)c1. The number of nitrogens with one attached hydrogen (secondary N) is 1. The number of amides is 1. The van der Waals surface area contributed by atoms with Crippen LogP contribution in [0.15, 0.2) is 73.1 Å². The van der Waals surface area contributed by atoms with Gasteiger partial charge < -0.3 is 15.8 Å². The Bertz CT molecular complexity index is 866. The number of hydrogen-bond donors (Lipinski definition) is 2. The van der Waals surface area contributed by atoms with Crippen LogP contribution in [0.5, 0.6) is 5.75 Å². The van der Waals surface area contributed by atoms with E-state index >= 15 is 0 Å². The number of rotatable bonds is 8. The Morgan fingerprint density at radius 1 is 1.00 bits per heavy atom. The minimum Gasteiger partial charge on any atom is -0.491 e. The zero-order chi connectivity index (χ0) is 18.2. The van der Waals surface area contributed by atoms with Crippen molar-refractivity contribution in [3.63, 3.8) is 0 Å². The summed E-state index contributed by atoms with van der Waals surface area (Å²) in [7, 11) is 0. The smallest absolute Gasteiger partial charge is 0.220 e. The van der Waals surface area contributed by atoms with Crippen molar-refractivity contribution >= 4 is 11.6 Å². The minimum atomic E-state index is -0.372. The molecular formula is C21H21N3O2. The number of carbonyl (C=O) groups is 1. The first-order valence-electron chi connectivity index (χ1n) is 8.46. The fourth-order valence-electron chi connectivity index (χ4n) is 2.60. The molecule has 5 heteroatoms. The van der Waals surface area contributed by atoms with E-state index in [1.54, 1.807) is 12.4 Å². The Morgan fingerprint density at radius 3 is 2.62 bits per heavy atom. The lowest BCUT2D eigenvalue weighted by atomic mass is 10.0. The Labute approximate surface area is 152 Å². The van der Waals surface area contributed by atoms with Crippen molar-refractivity contribution < 1.29 is 9.53 Å². The van der Waals surface area contributed by atoms with Gasteiger partial charge >= 0.3 is 0 Å². The van der Waals surface area contributed by atoms with Gasteiger partial charge in [-0.05, 0) is 47.0 Å². The number of pyridine rings is 1. The molecule has 132 valence electrons. The summed E-state index contributed by atoms with van der Waals surface area (Å²) in [6, 6.07) is 20.0. The summed E-state index contributed by atoms with van der Waals surface area (Å²) >= 11 is 0. The number of aromatic nitrogens is 1. The van der Waals surface area contributed by atoms with Crippen molar-refractivity contribution in [2.75, 3.05) is 11.9 Å². The van der Waals surface area contributed by atoms with E-state index in [1.165, 1.54) is 0 Å². The van der Waals surface area contributed by atoms with Gasteiger partial charge in [0.2, 0.25) is 5.91 Å². The zero-order valence-corrected chi connectivity index (χ0v) is 14.4. The predicted molar refractivity (Wildman–Crippen MR) is 103 cm³/mol. The van der Waals surface area contributed by atoms with E-state index in [-0.39, 0.29) is 18.9 Å². The topological polar surface area (TPSA) is 77.2 Å². The van der Waals surface area contributed by atoms with E-state index in [2.05, 4.69) is 28.5 Å². The van der Waals surface area contributed by atoms with Gasteiger partial charge in [-0.1, -0.05) is 30.3 Å². The molecule has 0 atom stereocenters. The Hall–Kier alpha value is -3.34. The molecule has 0 fully saturated rings. The third-order valence-electron chi connectivity index (χ3n) is 3.92. The Kier molecular flexibility index (Phi) is 5.83. The van der Waals surface area contributed by atoms with Crippen LogP contribution in [0.3, 0.4) is 0 Å². The van der Waals surface area contributed by atoms with Crippen LogP contribution in [0.4, 0.5) is 5.69 Å². The van der Waals surface area contributed by atoms with Crippen LogP contribution in [-0.4, -0.2) is 17.5 Å². The lowest BCUT2D eigenvalue weighted by Gasteiger charge is -2.13. The molecule has 0 saturated carbocycles. The average Bonchev–Trinajstić information content (AvgIpc) is 2.68. The van der Waals surface area contributed by atoms with E-state index in [0.29, 0.717) is 12.3 Å². The number of ether oxygens (including phenoxy) is 1. The second-order valence-corrected chi connectivity index (χ2v) is 5.85. The van der Waals surface area contributed by atoms with E-state index in [4.69, 9.17) is 10.5 Å². The monoisotopic (exact) mass is 347 g/mol. The molecular weight excluding hydrogens is 326 g/mol. The van der Waals surface area contributed by atoms with Crippen LogP contribution in [0, 0.1) is 0 Å². The summed E-state index contributed by atoms with van der Waals surface area (Å²) in [4.78, 5) is 14.9. The molecule has 0 radical (unpaired) electrons. The molecule has 0 aliphatic heterocycles. The van der Waals surface area contributed by atoms with Crippen molar-refractivity contribution in [2.24, 2.45) is 5.73 Å². The maximum atomic E-state index is 10.9. The highest BCUT2D eigenvalue weighted by Crippen LogP contribution is 2.25. The van der Waals surface area contributed by atoms with Crippen molar-refractivity contribution in [3.8, 4) is 16.9 Å². The van der Waals surface area contributed by atoms with Crippen LogP contribution >= 0.6 is 0 Å². The van der Waals surface area contributed by atoms with E-state index in [1.807, 2.05) is 42.5 Å². The number of hydrogen-bond acceptors (Lipinski definition) is 4. The summed E-state index contributed by atoms with van der Waals surface area (Å²) < 4.78 is 5.66. The van der Waals surface area contributed by atoms with Gasteiger partial charge in [-0.15, -0.1) is 0 Å². The number of anilines is 1. The van der Waals surface area contributed by atoms with Crippen LogP contribution in [-0.2, 0) is 11.3 Å². The fraction of sp³-hybridized carbons (Fsp3) is 0.143. The third-order valence-corrected chi connectivity index (χ3v) is 3.92. The van der Waals surface area contributed by atoms with Gasteiger partial charge in [0.15, 0.2) is 0 Å². The molecule has 0 bridgehead atoms. The van der Waals surface area contributed by atoms with Crippen molar-refractivity contribution in [2.45, 2.75) is 13.0 Å². The standard InChI is InChI=1S/C21H21N3O2/c22-21(25)10-13-26-20-7-2-1-6-19(20)24-15-16-4-3-5-18(14-16)17-8-11-23-12-9-17/h1-9,11-12,14,24H,10,13,15H2,(H2,22,25). The summed E-state index contributed by atoms with van der Waals surface area (Å²) in [5.74, 6) is 0.336. The lowest BCUT2D eigenvalue weighted by molar-refractivity contribution is -0.118. The van der Waals surface area contributed by atoms with E-state index < -0.39 is 0 Å². The molecule has 3 aromatic rings. The van der Waals surface area contributed by atoms with Crippen molar-refractivity contribution in [1.29, 1.82) is 0 Å². The van der Waals surface area contributed by atoms with Gasteiger partial charge in [0, 0.05) is 18.9 Å². The van der Waals surface area contributed by atoms with Crippen LogP contribution in [0.2, 0.25) is 0 Å². The zero-order valence-electron chi connectivity index (χ0n) is 14.4. The first-order valence-corrected chi connectivity index (χ1v) is 8.46. The molecule has 1 amide bonds. The second kappa shape index (κ2) is 8.67. The van der Waals surface area contributed by atoms with Gasteiger partial charge in [0.1, 0.15) is 5.75 Å². The number of nitrogens with two attached hydrogens (primary N) is 1. The number of benzene rings is 2. The molecule has 5 nitrogen and oxygen atoms in total. The number of primary amides is 1. The lowest BCUT2D eigenvalue weighted by Crippen LogP contribution is -2.15. The van der Waals surface area contributed by atoms with Gasteiger partial charge in [0.05, 0.1) is 18.7 Å². The number of carbonyl (C=O) groups excluding carboxylic acids is 1. The number of para-hydroxylation sites is 2. The predicted octanol–water partition coefficient (Wildman–Crippen LogP) is 3.61. The molecule has 0 spiro atoms. The van der Waals surface area contributed by atoms with Crippen LogP contribution in [0.25, 0.3) is 11.1 Å². The summed E-state index contributed by atoms with van der Waals surface area (Å²) in [5.41, 5.74) is 9.48. The molecule has 26 heavy (non-hydrogen) atoms. The Balaban J connectivity index is 1.67. The van der Waals surface area contributed by atoms with Crippen molar-refractivity contribution in [3.05, 3.63) is 78.6 Å². The van der Waals surface area contributed by atoms with Crippen molar-refractivity contribution in [1.82, 2.24) is 4.98 Å². The molecule has 3 rings (SSSR count). The first-order chi connectivity index (χ1) is 12.7. The molecule has 0 aliphatic carbocycles. The quantitative estimate of drug-likeness (QED) is 0.652. The largest absolute Gasteiger partial charge is 0.491 e. The van der Waals surface area contributed by atoms with Gasteiger partial charge in [0.25, 0.3) is 0 Å². The Morgan fingerprint density at radius 2 is 1.81 bits per heavy atom. The maximum Gasteiger partial charge on any atom is 0.220 e.